The van der Waals surface area contributed by atoms with Crippen LogP contribution in [0.1, 0.15) is 31.0 Å². The molecule has 0 amide bonds. The van der Waals surface area contributed by atoms with Crippen LogP contribution in [0.25, 0.3) is 5.70 Å². The Bertz CT molecular complexity index is 997. The van der Waals surface area contributed by atoms with E-state index in [1.165, 1.54) is 0 Å². The zero-order valence-corrected chi connectivity index (χ0v) is 17.1. The van der Waals surface area contributed by atoms with Crippen molar-refractivity contribution < 1.29 is 9.53 Å². The Labute approximate surface area is 173 Å². The zero-order chi connectivity index (χ0) is 19.7. The fourth-order valence-corrected chi connectivity index (χ4v) is 4.53. The first-order chi connectivity index (χ1) is 13.6. The summed E-state index contributed by atoms with van der Waals surface area (Å²) < 4.78 is 5.37. The van der Waals surface area contributed by atoms with Crippen molar-refractivity contribution in [3.8, 4) is 0 Å². The Hall–Kier alpha value is -2.50. The molecule has 28 heavy (non-hydrogen) atoms. The van der Waals surface area contributed by atoms with Gasteiger partial charge in [-0.2, -0.15) is 0 Å². The lowest BCUT2D eigenvalue weighted by Gasteiger charge is -2.36. The highest BCUT2D eigenvalue weighted by Gasteiger charge is 2.40. The van der Waals surface area contributed by atoms with Gasteiger partial charge in [0.15, 0.2) is 5.17 Å². The number of hydrogen-bond acceptors (Lipinski definition) is 5. The molecule has 0 aromatic heterocycles. The molecule has 0 saturated heterocycles. The van der Waals surface area contributed by atoms with Crippen molar-refractivity contribution in [2.75, 3.05) is 6.61 Å². The molecule has 0 N–H and O–H groups in total. The molecule has 142 valence electrons. The molecule has 0 aliphatic carbocycles. The first kappa shape index (κ1) is 18.8. The Morgan fingerprint density at radius 1 is 1.18 bits per heavy atom. The highest BCUT2D eigenvalue weighted by atomic mass is 35.5. The van der Waals surface area contributed by atoms with Gasteiger partial charge in [-0.25, -0.2) is 9.79 Å². The van der Waals surface area contributed by atoms with Crippen LogP contribution < -0.4 is 0 Å². The summed E-state index contributed by atoms with van der Waals surface area (Å²) in [4.78, 5) is 19.7. The van der Waals surface area contributed by atoms with Gasteiger partial charge in [0, 0.05) is 10.4 Å². The second-order valence-electron chi connectivity index (χ2n) is 6.42. The van der Waals surface area contributed by atoms with Crippen molar-refractivity contribution >= 4 is 40.2 Å². The molecule has 0 fully saturated rings. The minimum Gasteiger partial charge on any atom is -0.463 e. The van der Waals surface area contributed by atoms with Gasteiger partial charge in [0.25, 0.3) is 0 Å². The number of halogens is 1. The van der Waals surface area contributed by atoms with Crippen molar-refractivity contribution in [3.63, 3.8) is 0 Å². The van der Waals surface area contributed by atoms with Crippen LogP contribution in [0.4, 0.5) is 0 Å². The van der Waals surface area contributed by atoms with E-state index in [1.54, 1.807) is 11.8 Å². The molecule has 2 aromatic rings. The summed E-state index contributed by atoms with van der Waals surface area (Å²) in [5, 5.41) is 3.61. The number of esters is 1. The Balaban J connectivity index is 1.84. The van der Waals surface area contributed by atoms with Gasteiger partial charge in [-0.15, -0.1) is 0 Å². The third-order valence-electron chi connectivity index (χ3n) is 4.68. The quantitative estimate of drug-likeness (QED) is 0.612. The van der Waals surface area contributed by atoms with E-state index in [0.29, 0.717) is 22.9 Å². The maximum absolute atomic E-state index is 12.8. The number of aliphatic imine (C=N–C) groups is 1. The smallest absolute Gasteiger partial charge is 0.338 e. The second-order valence-corrected chi connectivity index (χ2v) is 7.70. The third-order valence-corrected chi connectivity index (χ3v) is 5.77. The number of carbonyl (C=O) groups excluding carboxylic acids is 1. The number of nitrogens with zero attached hydrogens (tertiary/aromatic N) is 2. The van der Waals surface area contributed by atoms with Crippen LogP contribution in [0.2, 0.25) is 5.02 Å². The summed E-state index contributed by atoms with van der Waals surface area (Å²) >= 11 is 7.63. The lowest BCUT2D eigenvalue weighted by Crippen LogP contribution is -2.36. The average molecular weight is 411 g/mol. The van der Waals surface area contributed by atoms with E-state index in [9.17, 15) is 4.79 Å². The van der Waals surface area contributed by atoms with E-state index in [0.717, 1.165) is 22.0 Å². The topological polar surface area (TPSA) is 41.9 Å². The lowest BCUT2D eigenvalue weighted by atomic mass is 9.93. The standard InChI is InChI=1S/C22H19ClN2O2S/c1-3-27-21(26)19-14(2)24-22-25(20(19)16-7-5-4-6-8-16)18(13-28-22)15-9-11-17(23)12-10-15/h4-13,20H,3H2,1-2H3. The molecule has 2 aliphatic rings. The fourth-order valence-electron chi connectivity index (χ4n) is 3.43. The van der Waals surface area contributed by atoms with Gasteiger partial charge in [0.05, 0.1) is 29.6 Å². The van der Waals surface area contributed by atoms with Crippen LogP contribution in [0, 0.1) is 0 Å². The highest BCUT2D eigenvalue weighted by molar-refractivity contribution is 8.16. The summed E-state index contributed by atoms with van der Waals surface area (Å²) in [7, 11) is 0. The van der Waals surface area contributed by atoms with E-state index in [1.807, 2.05) is 68.4 Å². The second kappa shape index (κ2) is 7.86. The van der Waals surface area contributed by atoms with E-state index < -0.39 is 0 Å². The Morgan fingerprint density at radius 3 is 2.57 bits per heavy atom. The van der Waals surface area contributed by atoms with E-state index in [2.05, 4.69) is 10.3 Å². The normalized spacial score (nSPS) is 18.5. The molecule has 1 unspecified atom stereocenters. The van der Waals surface area contributed by atoms with Crippen LogP contribution >= 0.6 is 23.4 Å². The van der Waals surface area contributed by atoms with Gasteiger partial charge in [-0.1, -0.05) is 65.8 Å². The van der Waals surface area contributed by atoms with Gasteiger partial charge in [-0.05, 0) is 37.1 Å². The molecule has 2 heterocycles. The molecule has 0 saturated carbocycles. The minimum atomic E-state index is -0.330. The van der Waals surface area contributed by atoms with Crippen molar-refractivity contribution in [2.45, 2.75) is 19.9 Å². The van der Waals surface area contributed by atoms with E-state index in [-0.39, 0.29) is 12.0 Å². The van der Waals surface area contributed by atoms with Crippen molar-refractivity contribution in [1.29, 1.82) is 0 Å². The molecular formula is C22H19ClN2O2S. The van der Waals surface area contributed by atoms with Crippen LogP contribution in [0.3, 0.4) is 0 Å². The Morgan fingerprint density at radius 2 is 1.89 bits per heavy atom. The molecule has 0 radical (unpaired) electrons. The number of hydrogen-bond donors (Lipinski definition) is 0. The van der Waals surface area contributed by atoms with Crippen LogP contribution in [0.15, 0.2) is 76.3 Å². The summed E-state index contributed by atoms with van der Waals surface area (Å²) in [6.45, 7) is 4.00. The zero-order valence-electron chi connectivity index (χ0n) is 15.6. The maximum atomic E-state index is 12.8. The number of rotatable bonds is 4. The number of carbonyl (C=O) groups is 1. The predicted molar refractivity (Wildman–Crippen MR) is 115 cm³/mol. The van der Waals surface area contributed by atoms with Crippen molar-refractivity contribution in [2.24, 2.45) is 4.99 Å². The van der Waals surface area contributed by atoms with E-state index >= 15 is 0 Å². The van der Waals surface area contributed by atoms with Crippen molar-refractivity contribution in [3.05, 3.63) is 87.4 Å². The molecule has 1 atom stereocenters. The molecular weight excluding hydrogens is 392 g/mol. The molecule has 0 spiro atoms. The number of amidine groups is 1. The van der Waals surface area contributed by atoms with Gasteiger partial charge < -0.3 is 9.64 Å². The SMILES string of the molecule is CCOC(=O)C1=C(C)N=C2SC=C(c3ccc(Cl)cc3)N2C1c1ccccc1. The predicted octanol–water partition coefficient (Wildman–Crippen LogP) is 5.64. The first-order valence-electron chi connectivity index (χ1n) is 9.03. The number of allylic oxidation sites excluding steroid dienone is 1. The van der Waals surface area contributed by atoms with Gasteiger partial charge in [-0.3, -0.25) is 0 Å². The first-order valence-corrected chi connectivity index (χ1v) is 10.3. The average Bonchev–Trinajstić information content (AvgIpc) is 3.11. The molecule has 2 aromatic carbocycles. The molecule has 2 aliphatic heterocycles. The number of fused-ring (bicyclic) bond motifs is 1. The summed E-state index contributed by atoms with van der Waals surface area (Å²) in [6, 6.07) is 17.4. The van der Waals surface area contributed by atoms with E-state index in [4.69, 9.17) is 21.3 Å². The highest BCUT2D eigenvalue weighted by Crippen LogP contribution is 2.46. The van der Waals surface area contributed by atoms with Gasteiger partial charge in [0.2, 0.25) is 0 Å². The number of thioether (sulfide) groups is 1. The largest absolute Gasteiger partial charge is 0.463 e. The minimum absolute atomic E-state index is 0.301. The molecule has 6 heteroatoms. The molecule has 4 nitrogen and oxygen atoms in total. The van der Waals surface area contributed by atoms with Crippen LogP contribution in [-0.2, 0) is 9.53 Å². The van der Waals surface area contributed by atoms with Gasteiger partial charge in [0.1, 0.15) is 0 Å². The summed E-state index contributed by atoms with van der Waals surface area (Å²) in [5.41, 5.74) is 4.28. The maximum Gasteiger partial charge on any atom is 0.338 e. The van der Waals surface area contributed by atoms with Crippen LogP contribution in [0.5, 0.6) is 0 Å². The number of benzene rings is 2. The van der Waals surface area contributed by atoms with Gasteiger partial charge >= 0.3 is 5.97 Å². The monoisotopic (exact) mass is 410 g/mol. The summed E-state index contributed by atoms with van der Waals surface area (Å²) in [6.07, 6.45) is 0. The molecule has 4 rings (SSSR count). The fraction of sp³-hybridized carbons (Fsp3) is 0.182. The van der Waals surface area contributed by atoms with Crippen molar-refractivity contribution in [1.82, 2.24) is 4.90 Å². The third kappa shape index (κ3) is 3.36. The Kier molecular flexibility index (Phi) is 5.29. The summed E-state index contributed by atoms with van der Waals surface area (Å²) in [5.74, 6) is -0.330. The molecule has 0 bridgehead atoms. The number of ether oxygens (including phenoxy) is 1. The lowest BCUT2D eigenvalue weighted by molar-refractivity contribution is -0.139. The van der Waals surface area contributed by atoms with Crippen LogP contribution in [-0.4, -0.2) is 22.6 Å².